The highest BCUT2D eigenvalue weighted by Crippen LogP contribution is 2.43. The zero-order valence-corrected chi connectivity index (χ0v) is 24.4. The fourth-order valence-corrected chi connectivity index (χ4v) is 9.78. The first-order valence-electron chi connectivity index (χ1n) is 13.2. The van der Waals surface area contributed by atoms with Gasteiger partial charge in [-0.25, -0.2) is 14.8 Å². The summed E-state index contributed by atoms with van der Waals surface area (Å²) in [5, 5.41) is 2.20. The summed E-state index contributed by atoms with van der Waals surface area (Å²) in [6.07, 6.45) is 4.21. The van der Waals surface area contributed by atoms with E-state index in [0.29, 0.717) is 30.9 Å². The molecule has 1 aliphatic heterocycles. The number of esters is 1. The van der Waals surface area contributed by atoms with Gasteiger partial charge in [0, 0.05) is 6.54 Å². The van der Waals surface area contributed by atoms with Gasteiger partial charge in [-0.3, -0.25) is 0 Å². The molecule has 0 saturated heterocycles. The Morgan fingerprint density at radius 1 is 1.03 bits per heavy atom. The molecule has 2 heterocycles. The lowest BCUT2D eigenvalue weighted by Crippen LogP contribution is -2.66. The van der Waals surface area contributed by atoms with Crippen LogP contribution in [0.1, 0.15) is 66.2 Å². The second-order valence-corrected chi connectivity index (χ2v) is 16.0. The maximum Gasteiger partial charge on any atom is 0.353 e. The Morgan fingerprint density at radius 2 is 1.61 bits per heavy atom. The van der Waals surface area contributed by atoms with Crippen molar-refractivity contribution in [1.29, 1.82) is 0 Å². The van der Waals surface area contributed by atoms with Crippen LogP contribution in [0.4, 0.5) is 5.82 Å². The van der Waals surface area contributed by atoms with Crippen molar-refractivity contribution < 1.29 is 14.0 Å². The zero-order chi connectivity index (χ0) is 27.6. The number of benzene rings is 2. The predicted molar refractivity (Wildman–Crippen MR) is 156 cm³/mol. The summed E-state index contributed by atoms with van der Waals surface area (Å²) in [5.41, 5.74) is 0.528. The van der Waals surface area contributed by atoms with Crippen LogP contribution in [0.25, 0.3) is 0 Å². The molecule has 0 saturated carbocycles. The Morgan fingerprint density at radius 3 is 2.11 bits per heavy atom. The fourth-order valence-electron chi connectivity index (χ4n) is 5.11. The molecule has 3 aromatic rings. The van der Waals surface area contributed by atoms with E-state index in [9.17, 15) is 4.79 Å². The van der Waals surface area contributed by atoms with Gasteiger partial charge in [0.25, 0.3) is 8.32 Å². The number of fused-ring (bicyclic) bond motifs is 1. The number of ether oxygens (including phenoxy) is 1. The minimum Gasteiger partial charge on any atom is -0.455 e. The van der Waals surface area contributed by atoms with E-state index in [4.69, 9.17) is 19.1 Å². The van der Waals surface area contributed by atoms with Gasteiger partial charge in [-0.15, -0.1) is 6.58 Å². The molecule has 200 valence electrons. The molecule has 2 aromatic carbocycles. The van der Waals surface area contributed by atoms with Crippen molar-refractivity contribution in [3.05, 3.63) is 85.3 Å². The molecule has 0 fully saturated rings. The molecular weight excluding hydrogens is 490 g/mol. The number of nitrogens with zero attached hydrogens (tertiary/aromatic N) is 3. The van der Waals surface area contributed by atoms with Crippen LogP contribution in [0.2, 0.25) is 5.04 Å². The molecule has 0 bridgehead atoms. The molecule has 1 atom stereocenters. The van der Waals surface area contributed by atoms with Crippen molar-refractivity contribution in [2.24, 2.45) is 4.99 Å². The number of hydrogen-bond donors (Lipinski definition) is 0. The van der Waals surface area contributed by atoms with E-state index in [1.807, 2.05) is 37.5 Å². The number of hydrogen-bond acceptors (Lipinski definition) is 5. The highest BCUT2D eigenvalue weighted by molar-refractivity contribution is 6.99. The van der Waals surface area contributed by atoms with E-state index in [2.05, 4.69) is 75.9 Å². The largest absolute Gasteiger partial charge is 0.455 e. The maximum atomic E-state index is 13.1. The number of aromatic nitrogens is 2. The first kappa shape index (κ1) is 27.7. The van der Waals surface area contributed by atoms with Crippen molar-refractivity contribution >= 4 is 36.2 Å². The Labute approximate surface area is 227 Å². The van der Waals surface area contributed by atoms with E-state index in [-0.39, 0.29) is 11.1 Å². The van der Waals surface area contributed by atoms with Crippen LogP contribution in [0.5, 0.6) is 0 Å². The van der Waals surface area contributed by atoms with Crippen LogP contribution in [-0.2, 0) is 20.5 Å². The lowest BCUT2D eigenvalue weighted by molar-refractivity contribution is -0.146. The van der Waals surface area contributed by atoms with Gasteiger partial charge in [-0.05, 0) is 49.0 Å². The molecule has 6 nitrogen and oxygen atoms in total. The van der Waals surface area contributed by atoms with E-state index in [1.54, 1.807) is 12.4 Å². The minimum absolute atomic E-state index is 0.194. The lowest BCUT2D eigenvalue weighted by Gasteiger charge is -2.45. The zero-order valence-electron chi connectivity index (χ0n) is 23.4. The van der Waals surface area contributed by atoms with Gasteiger partial charge in [0.05, 0.1) is 12.4 Å². The lowest BCUT2D eigenvalue weighted by atomic mass is 10.1. The smallest absolute Gasteiger partial charge is 0.353 e. The number of aliphatic imine (C=N–C) groups is 1. The molecular formula is C31H39N3O3Si. The number of rotatable bonds is 7. The van der Waals surface area contributed by atoms with Crippen molar-refractivity contribution in [3.63, 3.8) is 0 Å². The second-order valence-electron chi connectivity index (χ2n) is 11.8. The molecule has 0 amide bonds. The van der Waals surface area contributed by atoms with Gasteiger partial charge in [-0.1, -0.05) is 87.5 Å². The second kappa shape index (κ2) is 10.8. The van der Waals surface area contributed by atoms with Crippen LogP contribution in [0, 0.1) is 0 Å². The fraction of sp³-hybridized carbons (Fsp3) is 0.387. The Hall–Kier alpha value is -3.29. The maximum absolute atomic E-state index is 13.1. The van der Waals surface area contributed by atoms with Crippen molar-refractivity contribution in [1.82, 2.24) is 9.55 Å². The standard InChI is InChI=1S/C31H39N3O3Si/c1-8-21-34-22-32-27-26(20-19-25(33-28(27)34)29(35)36-30(2,3)4)37-38(31(5,6)7,23-15-11-9-12-16-23)24-17-13-10-14-18-24/h8-18,22,26H,1,19-21H2,2-7H3/t26-/m1/s1. The number of imidazole rings is 1. The van der Waals surface area contributed by atoms with Crippen LogP contribution >= 0.6 is 0 Å². The Balaban J connectivity index is 1.85. The third-order valence-corrected chi connectivity index (χ3v) is 11.8. The quantitative estimate of drug-likeness (QED) is 0.217. The van der Waals surface area contributed by atoms with E-state index in [1.165, 1.54) is 10.4 Å². The summed E-state index contributed by atoms with van der Waals surface area (Å²) < 4.78 is 15.1. The summed E-state index contributed by atoms with van der Waals surface area (Å²) in [6.45, 7) is 16.8. The molecule has 4 rings (SSSR count). The number of carbonyl (C=O) groups is 1. The Bertz CT molecular complexity index is 1260. The van der Waals surface area contributed by atoms with Gasteiger partial charge >= 0.3 is 5.97 Å². The highest BCUT2D eigenvalue weighted by Gasteiger charge is 2.52. The van der Waals surface area contributed by atoms with Crippen LogP contribution in [-0.4, -0.2) is 35.2 Å². The molecule has 38 heavy (non-hydrogen) atoms. The van der Waals surface area contributed by atoms with E-state index < -0.39 is 19.9 Å². The summed E-state index contributed by atoms with van der Waals surface area (Å²) in [7, 11) is -2.86. The van der Waals surface area contributed by atoms with Gasteiger partial charge in [0.2, 0.25) is 0 Å². The third kappa shape index (κ3) is 5.59. The third-order valence-electron chi connectivity index (χ3n) is 6.72. The van der Waals surface area contributed by atoms with Crippen LogP contribution < -0.4 is 10.4 Å². The molecule has 0 N–H and O–H groups in total. The van der Waals surface area contributed by atoms with Gasteiger partial charge in [0.15, 0.2) is 5.82 Å². The highest BCUT2D eigenvalue weighted by atomic mass is 28.4. The molecule has 0 radical (unpaired) electrons. The summed E-state index contributed by atoms with van der Waals surface area (Å²) >= 11 is 0. The van der Waals surface area contributed by atoms with Gasteiger partial charge in [-0.2, -0.15) is 0 Å². The summed E-state index contributed by atoms with van der Waals surface area (Å²) in [6, 6.07) is 21.1. The monoisotopic (exact) mass is 529 g/mol. The molecule has 0 unspecified atom stereocenters. The van der Waals surface area contributed by atoms with E-state index in [0.717, 1.165) is 5.69 Å². The minimum atomic E-state index is -2.86. The molecule has 1 aromatic heterocycles. The number of allylic oxidation sites excluding steroid dienone is 1. The SMILES string of the molecule is C=CCn1cnc2c1N=C(C(=O)OC(C)(C)C)CC[C@H]2O[Si](c1ccccc1)(c1ccccc1)C(C)(C)C. The van der Waals surface area contributed by atoms with Crippen molar-refractivity contribution in [3.8, 4) is 0 Å². The average molecular weight is 530 g/mol. The molecule has 0 spiro atoms. The van der Waals surface area contributed by atoms with E-state index >= 15 is 0 Å². The van der Waals surface area contributed by atoms with Gasteiger partial charge in [0.1, 0.15) is 17.0 Å². The topological polar surface area (TPSA) is 65.7 Å². The first-order chi connectivity index (χ1) is 18.0. The van der Waals surface area contributed by atoms with Gasteiger partial charge < -0.3 is 13.7 Å². The summed E-state index contributed by atoms with van der Waals surface area (Å²) in [5.74, 6) is 0.229. The first-order valence-corrected chi connectivity index (χ1v) is 15.1. The normalized spacial score (nSPS) is 16.3. The molecule has 7 heteroatoms. The average Bonchev–Trinajstić information content (AvgIpc) is 3.15. The molecule has 0 aliphatic carbocycles. The van der Waals surface area contributed by atoms with Crippen molar-refractivity contribution in [2.45, 2.75) is 77.7 Å². The summed E-state index contributed by atoms with van der Waals surface area (Å²) in [4.78, 5) is 22.7. The predicted octanol–water partition coefficient (Wildman–Crippen LogP) is 5.89. The number of carbonyl (C=O) groups excluding carboxylic acids is 1. The Kier molecular flexibility index (Phi) is 7.90. The molecule has 1 aliphatic rings. The van der Waals surface area contributed by atoms with Crippen LogP contribution in [0.3, 0.4) is 0 Å². The van der Waals surface area contributed by atoms with Crippen molar-refractivity contribution in [2.75, 3.05) is 0 Å². The van der Waals surface area contributed by atoms with Crippen LogP contribution in [0.15, 0.2) is 84.6 Å².